The molecule has 1 saturated heterocycles. The highest BCUT2D eigenvalue weighted by Crippen LogP contribution is 2.36. The Morgan fingerprint density at radius 2 is 2.00 bits per heavy atom. The summed E-state index contributed by atoms with van der Waals surface area (Å²) in [5.41, 5.74) is 1.04. The molecular formula is C19H23ClN2O3S. The fraction of sp³-hybridized carbons (Fsp3) is 0.421. The van der Waals surface area contributed by atoms with E-state index in [9.17, 15) is 4.79 Å². The Hall–Kier alpha value is -1.76. The first kappa shape index (κ1) is 19.0. The van der Waals surface area contributed by atoms with Crippen molar-refractivity contribution in [3.05, 3.63) is 35.2 Å². The van der Waals surface area contributed by atoms with Crippen LogP contribution in [0.1, 0.15) is 23.0 Å². The topological polar surface area (TPSA) is 59.6 Å². The quantitative estimate of drug-likeness (QED) is 0.838. The van der Waals surface area contributed by atoms with E-state index in [0.29, 0.717) is 19.1 Å². The molecule has 2 aliphatic rings. The van der Waals surface area contributed by atoms with Crippen LogP contribution in [0.15, 0.2) is 30.3 Å². The lowest BCUT2D eigenvalue weighted by atomic mass is 9.95. The Morgan fingerprint density at radius 3 is 2.81 bits per heavy atom. The molecule has 26 heavy (non-hydrogen) atoms. The van der Waals surface area contributed by atoms with Crippen molar-refractivity contribution < 1.29 is 14.3 Å². The molecule has 2 aliphatic heterocycles. The number of benzene rings is 1. The summed E-state index contributed by atoms with van der Waals surface area (Å²) in [6, 6.07) is 10.0. The molecule has 2 unspecified atom stereocenters. The summed E-state index contributed by atoms with van der Waals surface area (Å²) < 4.78 is 11.2. The van der Waals surface area contributed by atoms with Crippen molar-refractivity contribution in [3.8, 4) is 21.9 Å². The number of carbonyl (C=O) groups is 1. The van der Waals surface area contributed by atoms with Gasteiger partial charge in [-0.2, -0.15) is 0 Å². The second-order valence-corrected chi connectivity index (χ2v) is 7.66. The molecule has 1 aromatic heterocycles. The van der Waals surface area contributed by atoms with Crippen LogP contribution >= 0.6 is 23.7 Å². The zero-order chi connectivity index (χ0) is 17.2. The van der Waals surface area contributed by atoms with E-state index in [4.69, 9.17) is 9.47 Å². The lowest BCUT2D eigenvalue weighted by Gasteiger charge is -2.30. The van der Waals surface area contributed by atoms with Gasteiger partial charge in [0.1, 0.15) is 13.2 Å². The molecule has 140 valence electrons. The highest BCUT2D eigenvalue weighted by molar-refractivity contribution is 7.17. The average Bonchev–Trinajstić information content (AvgIpc) is 3.13. The first-order valence-corrected chi connectivity index (χ1v) is 9.54. The van der Waals surface area contributed by atoms with Crippen molar-refractivity contribution in [2.45, 2.75) is 19.4 Å². The highest BCUT2D eigenvalue weighted by Gasteiger charge is 2.23. The van der Waals surface area contributed by atoms with Crippen molar-refractivity contribution in [2.75, 3.05) is 26.3 Å². The number of halogens is 1. The second-order valence-electron chi connectivity index (χ2n) is 6.57. The third-order valence-electron chi connectivity index (χ3n) is 4.80. The van der Waals surface area contributed by atoms with Crippen molar-refractivity contribution in [1.29, 1.82) is 0 Å². The van der Waals surface area contributed by atoms with Gasteiger partial charge in [-0.3, -0.25) is 4.79 Å². The smallest absolute Gasteiger partial charge is 0.261 e. The number of amides is 1. The Kier molecular flexibility index (Phi) is 6.06. The largest absolute Gasteiger partial charge is 0.486 e. The van der Waals surface area contributed by atoms with Crippen molar-refractivity contribution in [3.63, 3.8) is 0 Å². The van der Waals surface area contributed by atoms with E-state index in [-0.39, 0.29) is 24.4 Å². The van der Waals surface area contributed by atoms with Gasteiger partial charge in [-0.1, -0.05) is 6.92 Å². The molecule has 1 aromatic carbocycles. The maximum atomic E-state index is 12.6. The minimum atomic E-state index is 0. The fourth-order valence-corrected chi connectivity index (χ4v) is 4.14. The Balaban J connectivity index is 0.00000196. The number of thiophene rings is 1. The number of fused-ring (bicyclic) bond motifs is 1. The number of hydrogen-bond donors (Lipinski definition) is 2. The summed E-state index contributed by atoms with van der Waals surface area (Å²) >= 11 is 1.51. The van der Waals surface area contributed by atoms with Crippen LogP contribution < -0.4 is 20.1 Å². The first-order valence-electron chi connectivity index (χ1n) is 8.72. The van der Waals surface area contributed by atoms with Gasteiger partial charge in [0.05, 0.1) is 4.88 Å². The SMILES string of the molecule is CC1CCNCC1NC(=O)c1ccc(-c2ccc3c(c2)OCCO3)s1.Cl. The van der Waals surface area contributed by atoms with Crippen LogP contribution in [0.2, 0.25) is 0 Å². The molecule has 7 heteroatoms. The monoisotopic (exact) mass is 394 g/mol. The molecule has 4 rings (SSSR count). The molecular weight excluding hydrogens is 372 g/mol. The van der Waals surface area contributed by atoms with E-state index in [1.807, 2.05) is 30.3 Å². The lowest BCUT2D eigenvalue weighted by molar-refractivity contribution is 0.0919. The summed E-state index contributed by atoms with van der Waals surface area (Å²) in [6.07, 6.45) is 1.10. The van der Waals surface area contributed by atoms with Gasteiger partial charge in [0, 0.05) is 17.5 Å². The van der Waals surface area contributed by atoms with Gasteiger partial charge in [-0.25, -0.2) is 0 Å². The van der Waals surface area contributed by atoms with E-state index < -0.39 is 0 Å². The maximum absolute atomic E-state index is 12.6. The van der Waals surface area contributed by atoms with Gasteiger partial charge in [-0.15, -0.1) is 23.7 Å². The minimum absolute atomic E-state index is 0. The fourth-order valence-electron chi connectivity index (χ4n) is 3.23. The predicted octanol–water partition coefficient (Wildman–Crippen LogP) is 3.34. The van der Waals surface area contributed by atoms with Crippen molar-refractivity contribution >= 4 is 29.7 Å². The van der Waals surface area contributed by atoms with Crippen LogP contribution in [-0.2, 0) is 0 Å². The molecule has 1 fully saturated rings. The normalized spacial score (nSPS) is 21.6. The number of hydrogen-bond acceptors (Lipinski definition) is 5. The van der Waals surface area contributed by atoms with Crippen molar-refractivity contribution in [2.24, 2.45) is 5.92 Å². The number of nitrogens with one attached hydrogen (secondary N) is 2. The Labute approximate surface area is 163 Å². The number of rotatable bonds is 3. The lowest BCUT2D eigenvalue weighted by Crippen LogP contribution is -2.50. The molecule has 0 aliphatic carbocycles. The van der Waals surface area contributed by atoms with Gasteiger partial charge in [0.2, 0.25) is 0 Å². The van der Waals surface area contributed by atoms with E-state index in [1.54, 1.807) is 0 Å². The zero-order valence-electron chi connectivity index (χ0n) is 14.6. The van der Waals surface area contributed by atoms with E-state index in [2.05, 4.69) is 17.6 Å². The van der Waals surface area contributed by atoms with E-state index in [1.165, 1.54) is 11.3 Å². The zero-order valence-corrected chi connectivity index (χ0v) is 16.3. The molecule has 3 heterocycles. The second kappa shape index (κ2) is 8.29. The molecule has 2 aromatic rings. The Bertz CT molecular complexity index is 780. The molecule has 1 amide bonds. The highest BCUT2D eigenvalue weighted by atomic mass is 35.5. The molecule has 0 saturated carbocycles. The van der Waals surface area contributed by atoms with Crippen LogP contribution in [0.25, 0.3) is 10.4 Å². The van der Waals surface area contributed by atoms with Crippen molar-refractivity contribution in [1.82, 2.24) is 10.6 Å². The summed E-state index contributed by atoms with van der Waals surface area (Å²) in [4.78, 5) is 14.4. The standard InChI is InChI=1S/C19H22N2O3S.ClH/c1-12-6-7-20-11-14(12)21-19(22)18-5-4-17(25-18)13-2-3-15-16(10-13)24-9-8-23-15;/h2-5,10,12,14,20H,6-9,11H2,1H3,(H,21,22);1H. The molecule has 2 atom stereocenters. The van der Waals surface area contributed by atoms with Gasteiger partial charge in [-0.05, 0) is 54.8 Å². The van der Waals surface area contributed by atoms with Gasteiger partial charge >= 0.3 is 0 Å². The average molecular weight is 395 g/mol. The summed E-state index contributed by atoms with van der Waals surface area (Å²) in [7, 11) is 0. The number of ether oxygens (including phenoxy) is 2. The molecule has 0 radical (unpaired) electrons. The molecule has 2 N–H and O–H groups in total. The summed E-state index contributed by atoms with van der Waals surface area (Å²) in [5.74, 6) is 2.06. The summed E-state index contributed by atoms with van der Waals surface area (Å²) in [6.45, 7) is 5.22. The maximum Gasteiger partial charge on any atom is 0.261 e. The van der Waals surface area contributed by atoms with Crippen LogP contribution in [-0.4, -0.2) is 38.3 Å². The van der Waals surface area contributed by atoms with Gasteiger partial charge in [0.25, 0.3) is 5.91 Å². The van der Waals surface area contributed by atoms with Gasteiger partial charge in [0.15, 0.2) is 11.5 Å². The van der Waals surface area contributed by atoms with Crippen LogP contribution in [0.4, 0.5) is 0 Å². The van der Waals surface area contributed by atoms with Crippen LogP contribution in [0.5, 0.6) is 11.5 Å². The molecule has 0 bridgehead atoms. The third kappa shape index (κ3) is 3.98. The molecule has 5 nitrogen and oxygen atoms in total. The predicted molar refractivity (Wildman–Crippen MR) is 106 cm³/mol. The number of carbonyl (C=O) groups excluding carboxylic acids is 1. The third-order valence-corrected chi connectivity index (χ3v) is 5.93. The first-order chi connectivity index (χ1) is 12.2. The van der Waals surface area contributed by atoms with E-state index in [0.717, 1.165) is 46.3 Å². The number of piperidine rings is 1. The Morgan fingerprint density at radius 1 is 1.19 bits per heavy atom. The minimum Gasteiger partial charge on any atom is -0.486 e. The summed E-state index contributed by atoms with van der Waals surface area (Å²) in [5, 5.41) is 6.51. The van der Waals surface area contributed by atoms with Crippen LogP contribution in [0.3, 0.4) is 0 Å². The molecule has 0 spiro atoms. The van der Waals surface area contributed by atoms with E-state index >= 15 is 0 Å². The van der Waals surface area contributed by atoms with Gasteiger partial charge < -0.3 is 20.1 Å². The van der Waals surface area contributed by atoms with Crippen LogP contribution in [0, 0.1) is 5.92 Å².